The Hall–Kier alpha value is -0.940. The van der Waals surface area contributed by atoms with Crippen LogP contribution >= 0.6 is 11.3 Å². The van der Waals surface area contributed by atoms with Crippen molar-refractivity contribution in [2.75, 3.05) is 6.26 Å². The van der Waals surface area contributed by atoms with E-state index in [4.69, 9.17) is 0 Å². The number of nitrogens with zero attached hydrogens (tertiary/aromatic N) is 1. The Morgan fingerprint density at radius 3 is 2.85 bits per heavy atom. The predicted octanol–water partition coefficient (Wildman–Crippen LogP) is 1.70. The molecule has 0 amide bonds. The molecule has 0 aliphatic heterocycles. The maximum absolute atomic E-state index is 11.2. The van der Waals surface area contributed by atoms with Crippen LogP contribution < -0.4 is 0 Å². The number of fused-ring (bicyclic) bond motifs is 1. The zero-order valence-electron chi connectivity index (χ0n) is 6.89. The molecule has 0 aliphatic carbocycles. The summed E-state index contributed by atoms with van der Waals surface area (Å²) in [7, 11) is -3.11. The van der Waals surface area contributed by atoms with Gasteiger partial charge in [0.1, 0.15) is 0 Å². The molecule has 13 heavy (non-hydrogen) atoms. The lowest BCUT2D eigenvalue weighted by Gasteiger charge is -1.96. The van der Waals surface area contributed by atoms with Crippen LogP contribution in [0, 0.1) is 0 Å². The Labute approximate surface area is 80.0 Å². The fraction of sp³-hybridized carbons (Fsp3) is 0.125. The molecular weight excluding hydrogens is 206 g/mol. The highest BCUT2D eigenvalue weighted by Gasteiger charge is 2.07. The molecule has 0 aliphatic rings. The second-order valence-corrected chi connectivity index (χ2v) is 5.66. The first-order valence-electron chi connectivity index (χ1n) is 3.61. The van der Waals surface area contributed by atoms with E-state index in [2.05, 4.69) is 4.98 Å². The van der Waals surface area contributed by atoms with Crippen LogP contribution in [0.1, 0.15) is 0 Å². The Morgan fingerprint density at radius 2 is 2.15 bits per heavy atom. The Kier molecular flexibility index (Phi) is 1.85. The van der Waals surface area contributed by atoms with Crippen molar-refractivity contribution in [1.29, 1.82) is 0 Å². The van der Waals surface area contributed by atoms with Gasteiger partial charge in [0.2, 0.25) is 0 Å². The van der Waals surface area contributed by atoms with E-state index in [-0.39, 0.29) is 0 Å². The van der Waals surface area contributed by atoms with Gasteiger partial charge in [0.05, 0.1) is 20.6 Å². The SMILES string of the molecule is CS(=O)(=O)c1ccc2scnc2c1. The summed E-state index contributed by atoms with van der Waals surface area (Å²) in [6.07, 6.45) is 1.19. The van der Waals surface area contributed by atoms with Crippen molar-refractivity contribution < 1.29 is 8.42 Å². The van der Waals surface area contributed by atoms with Crippen molar-refractivity contribution in [3.63, 3.8) is 0 Å². The molecule has 0 bridgehead atoms. The molecule has 68 valence electrons. The van der Waals surface area contributed by atoms with Crippen LogP contribution in [-0.4, -0.2) is 19.7 Å². The maximum atomic E-state index is 11.2. The minimum Gasteiger partial charge on any atom is -0.245 e. The second-order valence-electron chi connectivity index (χ2n) is 2.75. The van der Waals surface area contributed by atoms with E-state index < -0.39 is 9.84 Å². The van der Waals surface area contributed by atoms with E-state index in [0.717, 1.165) is 10.2 Å². The van der Waals surface area contributed by atoms with Crippen LogP contribution in [0.4, 0.5) is 0 Å². The highest BCUT2D eigenvalue weighted by molar-refractivity contribution is 7.90. The van der Waals surface area contributed by atoms with Gasteiger partial charge in [0, 0.05) is 6.26 Å². The van der Waals surface area contributed by atoms with Crippen LogP contribution in [-0.2, 0) is 9.84 Å². The van der Waals surface area contributed by atoms with Crippen LogP contribution in [0.5, 0.6) is 0 Å². The monoisotopic (exact) mass is 213 g/mol. The van der Waals surface area contributed by atoms with Gasteiger partial charge in [-0.3, -0.25) is 0 Å². The predicted molar refractivity (Wildman–Crippen MR) is 52.7 cm³/mol. The zero-order valence-corrected chi connectivity index (χ0v) is 8.52. The molecule has 0 radical (unpaired) electrons. The number of aromatic nitrogens is 1. The van der Waals surface area contributed by atoms with Gasteiger partial charge in [-0.2, -0.15) is 0 Å². The molecular formula is C8H7NO2S2. The largest absolute Gasteiger partial charge is 0.245 e. The van der Waals surface area contributed by atoms with Crippen LogP contribution in [0.25, 0.3) is 10.2 Å². The number of hydrogen-bond donors (Lipinski definition) is 0. The molecule has 0 spiro atoms. The first-order valence-corrected chi connectivity index (χ1v) is 6.38. The highest BCUT2D eigenvalue weighted by Crippen LogP contribution is 2.20. The lowest BCUT2D eigenvalue weighted by atomic mass is 10.3. The van der Waals surface area contributed by atoms with Gasteiger partial charge in [-0.05, 0) is 18.2 Å². The Bertz CT molecular complexity index is 542. The number of sulfone groups is 1. The first kappa shape index (κ1) is 8.65. The van der Waals surface area contributed by atoms with Crippen LogP contribution in [0.3, 0.4) is 0 Å². The standard InChI is InChI=1S/C8H7NO2S2/c1-13(10,11)6-2-3-8-7(4-6)9-5-12-8/h2-5H,1H3. The molecule has 0 atom stereocenters. The van der Waals surface area contributed by atoms with Crippen LogP contribution in [0.2, 0.25) is 0 Å². The average Bonchev–Trinajstić information content (AvgIpc) is 2.47. The number of thiazole rings is 1. The highest BCUT2D eigenvalue weighted by atomic mass is 32.2. The van der Waals surface area contributed by atoms with Gasteiger partial charge in [-0.25, -0.2) is 13.4 Å². The smallest absolute Gasteiger partial charge is 0.175 e. The van der Waals surface area contributed by atoms with Crippen molar-refractivity contribution in [3.05, 3.63) is 23.7 Å². The van der Waals surface area contributed by atoms with Gasteiger partial charge >= 0.3 is 0 Å². The van der Waals surface area contributed by atoms with Crippen molar-refractivity contribution in [2.24, 2.45) is 0 Å². The third kappa shape index (κ3) is 1.57. The summed E-state index contributed by atoms with van der Waals surface area (Å²) >= 11 is 1.50. The molecule has 1 heterocycles. The van der Waals surface area contributed by atoms with Gasteiger partial charge in [0.15, 0.2) is 9.84 Å². The summed E-state index contributed by atoms with van der Waals surface area (Å²) in [6.45, 7) is 0. The molecule has 3 nitrogen and oxygen atoms in total. The third-order valence-electron chi connectivity index (χ3n) is 1.73. The summed E-state index contributed by atoms with van der Waals surface area (Å²) < 4.78 is 23.4. The summed E-state index contributed by atoms with van der Waals surface area (Å²) in [5.74, 6) is 0. The first-order chi connectivity index (χ1) is 6.07. The minimum absolute atomic E-state index is 0.325. The summed E-state index contributed by atoms with van der Waals surface area (Å²) in [6, 6.07) is 4.99. The lowest BCUT2D eigenvalue weighted by molar-refractivity contribution is 0.602. The van der Waals surface area contributed by atoms with Gasteiger partial charge in [-0.15, -0.1) is 11.3 Å². The van der Waals surface area contributed by atoms with Crippen molar-refractivity contribution in [1.82, 2.24) is 4.98 Å². The van der Waals surface area contributed by atoms with Crippen molar-refractivity contribution in [2.45, 2.75) is 4.90 Å². The third-order valence-corrected chi connectivity index (χ3v) is 3.65. The fourth-order valence-corrected chi connectivity index (χ4v) is 2.37. The maximum Gasteiger partial charge on any atom is 0.175 e. The quantitative estimate of drug-likeness (QED) is 0.724. The number of benzene rings is 1. The van der Waals surface area contributed by atoms with E-state index in [0.29, 0.717) is 4.90 Å². The molecule has 1 aromatic carbocycles. The molecule has 0 N–H and O–H groups in total. The van der Waals surface area contributed by atoms with E-state index >= 15 is 0 Å². The van der Waals surface area contributed by atoms with E-state index in [1.165, 1.54) is 17.6 Å². The average molecular weight is 213 g/mol. The van der Waals surface area contributed by atoms with Crippen molar-refractivity contribution in [3.8, 4) is 0 Å². The molecule has 0 saturated carbocycles. The topological polar surface area (TPSA) is 47.0 Å². The summed E-state index contributed by atoms with van der Waals surface area (Å²) in [4.78, 5) is 4.37. The lowest BCUT2D eigenvalue weighted by Crippen LogP contribution is -1.95. The molecule has 1 aromatic heterocycles. The molecule has 5 heteroatoms. The second kappa shape index (κ2) is 2.78. The number of rotatable bonds is 1. The minimum atomic E-state index is -3.11. The normalized spacial score (nSPS) is 12.1. The van der Waals surface area contributed by atoms with Gasteiger partial charge in [0.25, 0.3) is 0 Å². The van der Waals surface area contributed by atoms with Crippen LogP contribution in [0.15, 0.2) is 28.6 Å². The van der Waals surface area contributed by atoms with E-state index in [1.54, 1.807) is 23.7 Å². The summed E-state index contributed by atoms with van der Waals surface area (Å²) in [5.41, 5.74) is 2.45. The molecule has 2 rings (SSSR count). The van der Waals surface area contributed by atoms with Crippen molar-refractivity contribution >= 4 is 31.4 Å². The van der Waals surface area contributed by atoms with Gasteiger partial charge < -0.3 is 0 Å². The van der Waals surface area contributed by atoms with E-state index in [1.807, 2.05) is 0 Å². The Balaban J connectivity index is 2.75. The molecule has 2 aromatic rings. The van der Waals surface area contributed by atoms with E-state index in [9.17, 15) is 8.42 Å². The van der Waals surface area contributed by atoms with Gasteiger partial charge in [-0.1, -0.05) is 0 Å². The molecule has 0 saturated heterocycles. The molecule has 0 fully saturated rings. The zero-order chi connectivity index (χ0) is 9.47. The number of hydrogen-bond acceptors (Lipinski definition) is 4. The molecule has 0 unspecified atom stereocenters. The summed E-state index contributed by atoms with van der Waals surface area (Å²) in [5, 5.41) is 0. The Morgan fingerprint density at radius 1 is 1.38 bits per heavy atom. The fourth-order valence-electron chi connectivity index (χ4n) is 1.07.